The molecule has 1 rings (SSSR count). The molecule has 1 atom stereocenters. The molecular weight excluding hydrogens is 208 g/mol. The van der Waals surface area contributed by atoms with Gasteiger partial charge in [-0.05, 0) is 24.3 Å². The summed E-state index contributed by atoms with van der Waals surface area (Å²) >= 11 is 0. The minimum absolute atomic E-state index is 0.137. The molecule has 0 saturated heterocycles. The van der Waals surface area contributed by atoms with Gasteiger partial charge in [-0.25, -0.2) is 0 Å². The van der Waals surface area contributed by atoms with Gasteiger partial charge in [-0.1, -0.05) is 0 Å². The quantitative estimate of drug-likeness (QED) is 0.559. The molecule has 0 bridgehead atoms. The van der Waals surface area contributed by atoms with Gasteiger partial charge in [0.2, 0.25) is 0 Å². The number of carbonyl (C=O) groups excluding carboxylic acids is 1. The van der Waals surface area contributed by atoms with Crippen molar-refractivity contribution in [3.05, 3.63) is 29.8 Å². The maximum atomic E-state index is 11.2. The average molecular weight is 224 g/mol. The van der Waals surface area contributed by atoms with E-state index < -0.39 is 6.10 Å². The highest BCUT2D eigenvalue weighted by molar-refractivity contribution is 5.94. The molecule has 0 aliphatic rings. The standard InChI is InChI=1S/C11H16N2O3/c1-12-11(16)8-2-4-9(5-3-8)13-6-10(15)7-14/h2-5,10,13-15H,6-7H2,1H3,(H,12,16). The molecule has 0 aliphatic heterocycles. The van der Waals surface area contributed by atoms with E-state index in [0.717, 1.165) is 5.69 Å². The van der Waals surface area contributed by atoms with Crippen molar-refractivity contribution in [1.29, 1.82) is 0 Å². The number of hydrogen-bond acceptors (Lipinski definition) is 4. The van der Waals surface area contributed by atoms with E-state index in [2.05, 4.69) is 10.6 Å². The second-order valence-electron chi connectivity index (χ2n) is 3.37. The number of rotatable bonds is 5. The summed E-state index contributed by atoms with van der Waals surface area (Å²) in [6, 6.07) is 6.86. The van der Waals surface area contributed by atoms with Crippen LogP contribution in [0, 0.1) is 0 Å². The molecular formula is C11H16N2O3. The van der Waals surface area contributed by atoms with Crippen molar-refractivity contribution in [2.24, 2.45) is 0 Å². The smallest absolute Gasteiger partial charge is 0.251 e. The Balaban J connectivity index is 2.54. The summed E-state index contributed by atoms with van der Waals surface area (Å²) < 4.78 is 0. The summed E-state index contributed by atoms with van der Waals surface area (Å²) in [5.41, 5.74) is 1.37. The monoisotopic (exact) mass is 224 g/mol. The summed E-state index contributed by atoms with van der Waals surface area (Å²) in [5, 5.41) is 23.2. The fourth-order valence-corrected chi connectivity index (χ4v) is 1.18. The molecule has 4 N–H and O–H groups in total. The zero-order valence-corrected chi connectivity index (χ0v) is 9.10. The van der Waals surface area contributed by atoms with Gasteiger partial charge in [0, 0.05) is 24.8 Å². The van der Waals surface area contributed by atoms with Gasteiger partial charge in [-0.3, -0.25) is 4.79 Å². The lowest BCUT2D eigenvalue weighted by Gasteiger charge is -2.10. The predicted octanol–water partition coefficient (Wildman–Crippen LogP) is -0.189. The van der Waals surface area contributed by atoms with Gasteiger partial charge in [0.25, 0.3) is 5.91 Å². The van der Waals surface area contributed by atoms with Crippen LogP contribution in [-0.2, 0) is 0 Å². The Morgan fingerprint density at radius 2 is 2.00 bits per heavy atom. The molecule has 0 radical (unpaired) electrons. The predicted molar refractivity (Wildman–Crippen MR) is 61.4 cm³/mol. The van der Waals surface area contributed by atoms with Crippen molar-refractivity contribution in [3.8, 4) is 0 Å². The molecule has 16 heavy (non-hydrogen) atoms. The number of carbonyl (C=O) groups is 1. The van der Waals surface area contributed by atoms with E-state index in [4.69, 9.17) is 10.2 Å². The lowest BCUT2D eigenvalue weighted by Crippen LogP contribution is -2.23. The number of aliphatic hydroxyl groups is 2. The van der Waals surface area contributed by atoms with E-state index in [1.165, 1.54) is 0 Å². The van der Waals surface area contributed by atoms with Crippen molar-refractivity contribution in [2.75, 3.05) is 25.5 Å². The Labute approximate surface area is 94.1 Å². The fourth-order valence-electron chi connectivity index (χ4n) is 1.18. The van der Waals surface area contributed by atoms with Gasteiger partial charge in [-0.15, -0.1) is 0 Å². The first kappa shape index (κ1) is 12.5. The third kappa shape index (κ3) is 3.52. The zero-order chi connectivity index (χ0) is 12.0. The minimum Gasteiger partial charge on any atom is -0.394 e. The van der Waals surface area contributed by atoms with Gasteiger partial charge in [-0.2, -0.15) is 0 Å². The molecule has 1 aromatic rings. The highest BCUT2D eigenvalue weighted by atomic mass is 16.3. The zero-order valence-electron chi connectivity index (χ0n) is 9.10. The second-order valence-corrected chi connectivity index (χ2v) is 3.37. The Morgan fingerprint density at radius 3 is 2.50 bits per heavy atom. The molecule has 1 amide bonds. The van der Waals surface area contributed by atoms with Crippen molar-refractivity contribution in [2.45, 2.75) is 6.10 Å². The van der Waals surface area contributed by atoms with Crippen LogP contribution in [0.5, 0.6) is 0 Å². The lowest BCUT2D eigenvalue weighted by atomic mass is 10.2. The third-order valence-electron chi connectivity index (χ3n) is 2.13. The molecule has 0 saturated carbocycles. The molecule has 0 spiro atoms. The van der Waals surface area contributed by atoms with Crippen LogP contribution in [0.1, 0.15) is 10.4 Å². The highest BCUT2D eigenvalue weighted by Gasteiger charge is 2.03. The van der Waals surface area contributed by atoms with E-state index in [1.807, 2.05) is 0 Å². The van der Waals surface area contributed by atoms with Gasteiger partial charge in [0.05, 0.1) is 12.7 Å². The van der Waals surface area contributed by atoms with Crippen molar-refractivity contribution < 1.29 is 15.0 Å². The first-order valence-electron chi connectivity index (χ1n) is 5.02. The molecule has 1 aromatic carbocycles. The van der Waals surface area contributed by atoms with Crippen molar-refractivity contribution in [3.63, 3.8) is 0 Å². The van der Waals surface area contributed by atoms with Crippen LogP contribution in [-0.4, -0.2) is 42.4 Å². The highest BCUT2D eigenvalue weighted by Crippen LogP contribution is 2.09. The first-order valence-corrected chi connectivity index (χ1v) is 5.02. The molecule has 0 fully saturated rings. The number of nitrogens with one attached hydrogen (secondary N) is 2. The number of amides is 1. The van der Waals surface area contributed by atoms with Crippen LogP contribution in [0.25, 0.3) is 0 Å². The summed E-state index contributed by atoms with van der Waals surface area (Å²) in [5.74, 6) is -0.137. The topological polar surface area (TPSA) is 81.6 Å². The molecule has 5 nitrogen and oxygen atoms in total. The summed E-state index contributed by atoms with van der Waals surface area (Å²) in [6.07, 6.45) is -0.779. The van der Waals surface area contributed by atoms with Crippen LogP contribution < -0.4 is 10.6 Å². The van der Waals surface area contributed by atoms with Gasteiger partial charge in [0.15, 0.2) is 0 Å². The van der Waals surface area contributed by atoms with Crippen LogP contribution in [0.4, 0.5) is 5.69 Å². The molecule has 88 valence electrons. The van der Waals surface area contributed by atoms with Crippen LogP contribution in [0.2, 0.25) is 0 Å². The van der Waals surface area contributed by atoms with E-state index in [9.17, 15) is 4.79 Å². The SMILES string of the molecule is CNC(=O)c1ccc(NCC(O)CO)cc1. The van der Waals surface area contributed by atoms with Crippen LogP contribution in [0.15, 0.2) is 24.3 Å². The Hall–Kier alpha value is -1.59. The number of aliphatic hydroxyl groups excluding tert-OH is 2. The fraction of sp³-hybridized carbons (Fsp3) is 0.364. The molecule has 1 unspecified atom stereocenters. The maximum absolute atomic E-state index is 11.2. The van der Waals surface area contributed by atoms with Crippen molar-refractivity contribution in [1.82, 2.24) is 5.32 Å². The second kappa shape index (κ2) is 6.09. The number of hydrogen-bond donors (Lipinski definition) is 4. The molecule has 0 heterocycles. The van der Waals surface area contributed by atoms with Crippen LogP contribution >= 0.6 is 0 Å². The number of anilines is 1. The molecule has 0 aromatic heterocycles. The lowest BCUT2D eigenvalue weighted by molar-refractivity contribution is 0.0963. The Morgan fingerprint density at radius 1 is 1.38 bits per heavy atom. The van der Waals surface area contributed by atoms with E-state index in [0.29, 0.717) is 5.56 Å². The number of benzene rings is 1. The Bertz CT molecular complexity index is 338. The average Bonchev–Trinajstić information content (AvgIpc) is 2.35. The van der Waals surface area contributed by atoms with Gasteiger partial charge < -0.3 is 20.8 Å². The van der Waals surface area contributed by atoms with Crippen LogP contribution in [0.3, 0.4) is 0 Å². The van der Waals surface area contributed by atoms with E-state index >= 15 is 0 Å². The first-order chi connectivity index (χ1) is 7.67. The minimum atomic E-state index is -0.779. The summed E-state index contributed by atoms with van der Waals surface area (Å²) in [7, 11) is 1.58. The largest absolute Gasteiger partial charge is 0.394 e. The summed E-state index contributed by atoms with van der Waals surface area (Å²) in [4.78, 5) is 11.2. The molecule has 5 heteroatoms. The van der Waals surface area contributed by atoms with Gasteiger partial charge >= 0.3 is 0 Å². The van der Waals surface area contributed by atoms with E-state index in [-0.39, 0.29) is 19.1 Å². The molecule has 0 aliphatic carbocycles. The van der Waals surface area contributed by atoms with Crippen molar-refractivity contribution >= 4 is 11.6 Å². The maximum Gasteiger partial charge on any atom is 0.251 e. The third-order valence-corrected chi connectivity index (χ3v) is 2.13. The normalized spacial score (nSPS) is 11.9. The Kier molecular flexibility index (Phi) is 4.75. The summed E-state index contributed by atoms with van der Waals surface area (Å²) in [6.45, 7) is -0.000848. The van der Waals surface area contributed by atoms with E-state index in [1.54, 1.807) is 31.3 Å². The van der Waals surface area contributed by atoms with Gasteiger partial charge in [0.1, 0.15) is 0 Å².